The van der Waals surface area contributed by atoms with E-state index in [0.717, 1.165) is 12.8 Å². The van der Waals surface area contributed by atoms with E-state index < -0.39 is 8.80 Å². The maximum atomic E-state index is 6.03. The first-order valence-corrected chi connectivity index (χ1v) is 10.7. The van der Waals surface area contributed by atoms with Gasteiger partial charge >= 0.3 is 8.80 Å². The number of hydrogen-bond acceptors (Lipinski definition) is 3. The first-order valence-electron chi connectivity index (χ1n) is 8.37. The van der Waals surface area contributed by atoms with Gasteiger partial charge in [-0.3, -0.25) is 0 Å². The monoisotopic (exact) mass is 338 g/mol. The number of alkyl halides is 1. The van der Waals surface area contributed by atoms with Crippen molar-refractivity contribution in [1.82, 2.24) is 0 Å². The highest BCUT2D eigenvalue weighted by Crippen LogP contribution is 2.39. The van der Waals surface area contributed by atoms with E-state index >= 15 is 0 Å². The van der Waals surface area contributed by atoms with Crippen molar-refractivity contribution in [3.8, 4) is 0 Å². The molecule has 0 aromatic carbocycles. The zero-order valence-corrected chi connectivity index (χ0v) is 16.4. The van der Waals surface area contributed by atoms with Crippen molar-refractivity contribution in [1.29, 1.82) is 0 Å². The lowest BCUT2D eigenvalue weighted by Gasteiger charge is -2.37. The molecule has 0 N–H and O–H groups in total. The average Bonchev–Trinajstić information content (AvgIpc) is 2.52. The molecule has 0 aliphatic carbocycles. The molecule has 0 aromatic rings. The van der Waals surface area contributed by atoms with Crippen molar-refractivity contribution in [2.24, 2.45) is 5.92 Å². The lowest BCUT2D eigenvalue weighted by atomic mass is 9.93. The van der Waals surface area contributed by atoms with Gasteiger partial charge in [-0.25, -0.2) is 0 Å². The Hall–Kier alpha value is 0.387. The van der Waals surface area contributed by atoms with Gasteiger partial charge in [-0.1, -0.05) is 52.4 Å². The molecule has 5 heteroatoms. The third-order valence-corrected chi connectivity index (χ3v) is 8.19. The molecule has 0 bridgehead atoms. The molecule has 0 radical (unpaired) electrons. The summed E-state index contributed by atoms with van der Waals surface area (Å²) in [5.74, 6) is 1.22. The van der Waals surface area contributed by atoms with Crippen LogP contribution in [0, 0.1) is 5.92 Å². The first kappa shape index (κ1) is 21.4. The Morgan fingerprint density at radius 3 is 1.86 bits per heavy atom. The Morgan fingerprint density at radius 1 is 0.857 bits per heavy atom. The van der Waals surface area contributed by atoms with Crippen molar-refractivity contribution in [2.75, 3.05) is 27.2 Å². The van der Waals surface area contributed by atoms with E-state index in [-0.39, 0.29) is 0 Å². The average molecular weight is 339 g/mol. The fraction of sp³-hybridized carbons (Fsp3) is 1.00. The van der Waals surface area contributed by atoms with Crippen LogP contribution in [0.25, 0.3) is 0 Å². The highest BCUT2D eigenvalue weighted by atomic mass is 35.5. The Labute approximate surface area is 138 Å². The van der Waals surface area contributed by atoms with Crippen LogP contribution >= 0.6 is 11.6 Å². The molecule has 0 saturated carbocycles. The van der Waals surface area contributed by atoms with Gasteiger partial charge < -0.3 is 13.3 Å². The van der Waals surface area contributed by atoms with E-state index in [1.165, 1.54) is 38.5 Å². The summed E-state index contributed by atoms with van der Waals surface area (Å²) in [4.78, 5) is 0. The summed E-state index contributed by atoms with van der Waals surface area (Å²) in [5.41, 5.74) is 0.336. The number of rotatable bonds is 14. The molecule has 0 spiro atoms. The molecule has 0 aliphatic heterocycles. The predicted octanol–water partition coefficient (Wildman–Crippen LogP) is 5.25. The minimum atomic E-state index is -2.58. The van der Waals surface area contributed by atoms with Crippen LogP contribution in [0.4, 0.5) is 0 Å². The molecule has 21 heavy (non-hydrogen) atoms. The summed E-state index contributed by atoms with van der Waals surface area (Å²) in [5, 5.41) is 0. The van der Waals surface area contributed by atoms with Crippen LogP contribution in [0.3, 0.4) is 0 Å². The van der Waals surface area contributed by atoms with Crippen LogP contribution < -0.4 is 0 Å². The standard InChI is InChI=1S/C16H35ClO3Si/c1-6-8-9-10-11-12-15(13-14-17)16(7-2)21(18-3,19-4)20-5/h15-16H,6-14H2,1-5H3. The van der Waals surface area contributed by atoms with E-state index in [9.17, 15) is 0 Å². The number of unbranched alkanes of at least 4 members (excludes halogenated alkanes) is 4. The molecule has 0 rings (SSSR count). The maximum Gasteiger partial charge on any atom is 0.503 e. The lowest BCUT2D eigenvalue weighted by Crippen LogP contribution is -2.50. The van der Waals surface area contributed by atoms with Crippen LogP contribution in [0.15, 0.2) is 0 Å². The second-order valence-electron chi connectivity index (χ2n) is 5.67. The van der Waals surface area contributed by atoms with Gasteiger partial charge in [0.05, 0.1) is 0 Å². The lowest BCUT2D eigenvalue weighted by molar-refractivity contribution is 0.0980. The Balaban J connectivity index is 4.69. The number of halogens is 1. The van der Waals surface area contributed by atoms with Crippen molar-refractivity contribution in [3.05, 3.63) is 0 Å². The van der Waals surface area contributed by atoms with Crippen molar-refractivity contribution in [2.45, 2.75) is 70.8 Å². The highest BCUT2D eigenvalue weighted by Gasteiger charge is 2.49. The van der Waals surface area contributed by atoms with Gasteiger partial charge in [-0.05, 0) is 18.8 Å². The molecule has 2 unspecified atom stereocenters. The molecule has 0 heterocycles. The second-order valence-corrected chi connectivity index (χ2v) is 9.22. The molecule has 2 atom stereocenters. The van der Waals surface area contributed by atoms with Gasteiger partial charge in [0.2, 0.25) is 0 Å². The van der Waals surface area contributed by atoms with Crippen molar-refractivity contribution < 1.29 is 13.3 Å². The van der Waals surface area contributed by atoms with Gasteiger partial charge in [0, 0.05) is 32.8 Å². The largest absolute Gasteiger partial charge is 0.503 e. The molecule has 128 valence electrons. The van der Waals surface area contributed by atoms with E-state index in [1.807, 2.05) is 0 Å². The van der Waals surface area contributed by atoms with Crippen LogP contribution in [0.5, 0.6) is 0 Å². The third kappa shape index (κ3) is 7.00. The van der Waals surface area contributed by atoms with Gasteiger partial charge in [0.1, 0.15) is 0 Å². The molecular weight excluding hydrogens is 304 g/mol. The van der Waals surface area contributed by atoms with E-state index in [0.29, 0.717) is 17.3 Å². The summed E-state index contributed by atoms with van der Waals surface area (Å²) in [7, 11) is 2.55. The van der Waals surface area contributed by atoms with Crippen molar-refractivity contribution >= 4 is 20.4 Å². The minimum absolute atomic E-state index is 0.336. The fourth-order valence-electron chi connectivity index (χ4n) is 3.27. The van der Waals surface area contributed by atoms with Gasteiger partial charge in [-0.2, -0.15) is 0 Å². The SMILES string of the molecule is CCCCCCCC(CCCl)C(CC)[Si](OC)(OC)OC. The molecular formula is C16H35ClO3Si. The van der Waals surface area contributed by atoms with E-state index in [4.69, 9.17) is 24.9 Å². The van der Waals surface area contributed by atoms with Crippen LogP contribution in [-0.2, 0) is 13.3 Å². The Morgan fingerprint density at radius 2 is 1.43 bits per heavy atom. The highest BCUT2D eigenvalue weighted by molar-refractivity contribution is 6.62. The molecule has 0 aromatic heterocycles. The molecule has 3 nitrogen and oxygen atoms in total. The zero-order chi connectivity index (χ0) is 16.1. The van der Waals surface area contributed by atoms with Crippen LogP contribution in [0.1, 0.15) is 65.2 Å². The summed E-state index contributed by atoms with van der Waals surface area (Å²) >= 11 is 6.03. The van der Waals surface area contributed by atoms with Crippen molar-refractivity contribution in [3.63, 3.8) is 0 Å². The quantitative estimate of drug-likeness (QED) is 0.246. The molecule has 0 fully saturated rings. The van der Waals surface area contributed by atoms with Gasteiger partial charge in [0.25, 0.3) is 0 Å². The molecule has 0 aliphatic rings. The normalized spacial score (nSPS) is 15.1. The van der Waals surface area contributed by atoms with Gasteiger partial charge in [0.15, 0.2) is 0 Å². The van der Waals surface area contributed by atoms with Crippen LogP contribution in [-0.4, -0.2) is 36.0 Å². The Bertz CT molecular complexity index is 229. The third-order valence-electron chi connectivity index (χ3n) is 4.47. The predicted molar refractivity (Wildman–Crippen MR) is 93.0 cm³/mol. The summed E-state index contributed by atoms with van der Waals surface area (Å²) in [6, 6.07) is 0. The van der Waals surface area contributed by atoms with E-state index in [1.54, 1.807) is 21.3 Å². The summed E-state index contributed by atoms with van der Waals surface area (Å²) < 4.78 is 17.1. The molecule has 0 saturated heterocycles. The first-order chi connectivity index (χ1) is 10.2. The summed E-state index contributed by atoms with van der Waals surface area (Å²) in [6.07, 6.45) is 9.75. The topological polar surface area (TPSA) is 27.7 Å². The second kappa shape index (κ2) is 12.9. The van der Waals surface area contributed by atoms with Gasteiger partial charge in [-0.15, -0.1) is 11.6 Å². The fourth-order valence-corrected chi connectivity index (χ4v) is 6.37. The smallest absolute Gasteiger partial charge is 0.377 e. The maximum absolute atomic E-state index is 6.03. The van der Waals surface area contributed by atoms with E-state index in [2.05, 4.69) is 13.8 Å². The number of hydrogen-bond donors (Lipinski definition) is 0. The Kier molecular flexibility index (Phi) is 13.1. The summed E-state index contributed by atoms with van der Waals surface area (Å²) in [6.45, 7) is 4.45. The van der Waals surface area contributed by atoms with Crippen LogP contribution in [0.2, 0.25) is 5.54 Å². The molecule has 0 amide bonds. The zero-order valence-electron chi connectivity index (χ0n) is 14.6. The minimum Gasteiger partial charge on any atom is -0.377 e.